The number of hydrogen-bond donors (Lipinski definition) is 1. The Balaban J connectivity index is 2.13. The fourth-order valence-corrected chi connectivity index (χ4v) is 1.20. The Bertz CT molecular complexity index is 250. The maximum atomic E-state index is 8.90. The third kappa shape index (κ3) is 4.40. The molecule has 0 aliphatic rings. The molecule has 0 saturated carbocycles. The Hall–Kier alpha value is -0.390. The largest absolute Gasteiger partial charge is 0.391 e. The Kier molecular flexibility index (Phi) is 4.41. The summed E-state index contributed by atoms with van der Waals surface area (Å²) in [5.41, 5.74) is 0. The Morgan fingerprint density at radius 3 is 3.08 bits per heavy atom. The van der Waals surface area contributed by atoms with E-state index < -0.39 is 6.10 Å². The standard InChI is InChI=1S/C8H13BrN2O2/c1-7(12)6-13-3-2-11-5-8(9)4-10-11/h4-5,7,12H,2-3,6H2,1H3. The molecule has 0 fully saturated rings. The summed E-state index contributed by atoms with van der Waals surface area (Å²) in [6, 6.07) is 0. The zero-order valence-corrected chi connectivity index (χ0v) is 9.07. The molecule has 4 nitrogen and oxygen atoms in total. The molecule has 13 heavy (non-hydrogen) atoms. The number of ether oxygens (including phenoxy) is 1. The zero-order chi connectivity index (χ0) is 9.68. The number of aliphatic hydroxyl groups is 1. The third-order valence-electron chi connectivity index (χ3n) is 1.43. The van der Waals surface area contributed by atoms with Crippen LogP contribution >= 0.6 is 15.9 Å². The van der Waals surface area contributed by atoms with Crippen molar-refractivity contribution in [1.29, 1.82) is 0 Å². The minimum atomic E-state index is -0.399. The van der Waals surface area contributed by atoms with Gasteiger partial charge in [-0.2, -0.15) is 5.10 Å². The highest BCUT2D eigenvalue weighted by atomic mass is 79.9. The Morgan fingerprint density at radius 2 is 2.54 bits per heavy atom. The molecule has 1 heterocycles. The summed E-state index contributed by atoms with van der Waals surface area (Å²) in [6.07, 6.45) is 3.21. The van der Waals surface area contributed by atoms with E-state index in [2.05, 4.69) is 21.0 Å². The highest BCUT2D eigenvalue weighted by Gasteiger charge is 1.97. The lowest BCUT2D eigenvalue weighted by Gasteiger charge is -2.05. The fraction of sp³-hybridized carbons (Fsp3) is 0.625. The van der Waals surface area contributed by atoms with E-state index in [9.17, 15) is 0 Å². The van der Waals surface area contributed by atoms with Gasteiger partial charge in [0.15, 0.2) is 0 Å². The van der Waals surface area contributed by atoms with E-state index in [0.29, 0.717) is 19.8 Å². The number of halogens is 1. The highest BCUT2D eigenvalue weighted by Crippen LogP contribution is 2.05. The first kappa shape index (κ1) is 10.7. The molecule has 1 N–H and O–H groups in total. The van der Waals surface area contributed by atoms with Crippen LogP contribution in [0.4, 0.5) is 0 Å². The van der Waals surface area contributed by atoms with Crippen LogP contribution in [0.25, 0.3) is 0 Å². The van der Waals surface area contributed by atoms with Crippen LogP contribution in [0, 0.1) is 0 Å². The van der Waals surface area contributed by atoms with Gasteiger partial charge in [-0.1, -0.05) is 0 Å². The van der Waals surface area contributed by atoms with Gasteiger partial charge < -0.3 is 9.84 Å². The molecule has 0 aliphatic heterocycles. The molecule has 1 rings (SSSR count). The van der Waals surface area contributed by atoms with Crippen molar-refractivity contribution in [3.05, 3.63) is 16.9 Å². The number of nitrogens with zero attached hydrogens (tertiary/aromatic N) is 2. The van der Waals surface area contributed by atoms with E-state index >= 15 is 0 Å². The molecule has 1 aromatic heterocycles. The lowest BCUT2D eigenvalue weighted by molar-refractivity contribution is 0.0417. The van der Waals surface area contributed by atoms with E-state index in [0.717, 1.165) is 4.47 Å². The lowest BCUT2D eigenvalue weighted by Crippen LogP contribution is -2.14. The molecule has 1 atom stereocenters. The molecule has 0 aliphatic carbocycles. The molecular formula is C8H13BrN2O2. The summed E-state index contributed by atoms with van der Waals surface area (Å²) in [6.45, 7) is 3.35. The van der Waals surface area contributed by atoms with Crippen molar-refractivity contribution in [1.82, 2.24) is 9.78 Å². The monoisotopic (exact) mass is 248 g/mol. The number of rotatable bonds is 5. The number of hydrogen-bond acceptors (Lipinski definition) is 3. The number of aromatic nitrogens is 2. The maximum absolute atomic E-state index is 8.90. The molecule has 0 spiro atoms. The SMILES string of the molecule is CC(O)COCCn1cc(Br)cn1. The molecule has 1 aromatic rings. The Morgan fingerprint density at radius 1 is 1.77 bits per heavy atom. The normalized spacial score (nSPS) is 13.2. The summed E-state index contributed by atoms with van der Waals surface area (Å²) in [7, 11) is 0. The number of aliphatic hydroxyl groups excluding tert-OH is 1. The second-order valence-electron chi connectivity index (χ2n) is 2.85. The van der Waals surface area contributed by atoms with Gasteiger partial charge in [0.05, 0.1) is 36.5 Å². The van der Waals surface area contributed by atoms with Crippen molar-refractivity contribution in [2.45, 2.75) is 19.6 Å². The van der Waals surface area contributed by atoms with E-state index in [1.807, 2.05) is 6.20 Å². The zero-order valence-electron chi connectivity index (χ0n) is 7.48. The van der Waals surface area contributed by atoms with Crippen LogP contribution in [0.2, 0.25) is 0 Å². The van der Waals surface area contributed by atoms with E-state index in [-0.39, 0.29) is 0 Å². The predicted molar refractivity (Wildman–Crippen MR) is 52.4 cm³/mol. The smallest absolute Gasteiger partial charge is 0.0745 e. The molecular weight excluding hydrogens is 236 g/mol. The second-order valence-corrected chi connectivity index (χ2v) is 3.76. The van der Waals surface area contributed by atoms with Gasteiger partial charge >= 0.3 is 0 Å². The molecule has 1 unspecified atom stereocenters. The third-order valence-corrected chi connectivity index (χ3v) is 1.84. The topological polar surface area (TPSA) is 47.3 Å². The minimum Gasteiger partial charge on any atom is -0.391 e. The van der Waals surface area contributed by atoms with Gasteiger partial charge in [0, 0.05) is 6.20 Å². The molecule has 5 heteroatoms. The van der Waals surface area contributed by atoms with Crippen molar-refractivity contribution >= 4 is 15.9 Å². The van der Waals surface area contributed by atoms with Crippen LogP contribution in [0.15, 0.2) is 16.9 Å². The molecule has 0 saturated heterocycles. The second kappa shape index (κ2) is 5.36. The quantitative estimate of drug-likeness (QED) is 0.793. The van der Waals surface area contributed by atoms with E-state index in [1.165, 1.54) is 0 Å². The molecule has 74 valence electrons. The van der Waals surface area contributed by atoms with Gasteiger partial charge in [-0.25, -0.2) is 0 Å². The minimum absolute atomic E-state index is 0.377. The van der Waals surface area contributed by atoms with Crippen molar-refractivity contribution in [2.24, 2.45) is 0 Å². The molecule has 0 aromatic carbocycles. The summed E-state index contributed by atoms with van der Waals surface area (Å²) in [5.74, 6) is 0. The lowest BCUT2D eigenvalue weighted by atomic mass is 10.4. The van der Waals surface area contributed by atoms with Crippen LogP contribution in [0.1, 0.15) is 6.92 Å². The van der Waals surface area contributed by atoms with Gasteiger partial charge in [-0.3, -0.25) is 4.68 Å². The summed E-state index contributed by atoms with van der Waals surface area (Å²) < 4.78 is 7.93. The average Bonchev–Trinajstić information content (AvgIpc) is 2.45. The van der Waals surface area contributed by atoms with Gasteiger partial charge in [-0.05, 0) is 22.9 Å². The maximum Gasteiger partial charge on any atom is 0.0745 e. The van der Waals surface area contributed by atoms with Crippen LogP contribution in [0.3, 0.4) is 0 Å². The fourth-order valence-electron chi connectivity index (χ4n) is 0.873. The summed E-state index contributed by atoms with van der Waals surface area (Å²) >= 11 is 3.30. The van der Waals surface area contributed by atoms with Crippen LogP contribution in [0.5, 0.6) is 0 Å². The van der Waals surface area contributed by atoms with Crippen LogP contribution in [-0.4, -0.2) is 34.2 Å². The summed E-state index contributed by atoms with van der Waals surface area (Å²) in [5, 5.41) is 13.0. The Labute approximate surface area is 85.6 Å². The van der Waals surface area contributed by atoms with Crippen molar-refractivity contribution < 1.29 is 9.84 Å². The first-order chi connectivity index (χ1) is 6.18. The van der Waals surface area contributed by atoms with Gasteiger partial charge in [0.25, 0.3) is 0 Å². The average molecular weight is 249 g/mol. The van der Waals surface area contributed by atoms with Gasteiger partial charge in [0.2, 0.25) is 0 Å². The van der Waals surface area contributed by atoms with E-state index in [1.54, 1.807) is 17.8 Å². The van der Waals surface area contributed by atoms with E-state index in [4.69, 9.17) is 9.84 Å². The van der Waals surface area contributed by atoms with Crippen molar-refractivity contribution in [2.75, 3.05) is 13.2 Å². The first-order valence-corrected chi connectivity index (χ1v) is 4.91. The van der Waals surface area contributed by atoms with Crippen molar-refractivity contribution in [3.63, 3.8) is 0 Å². The van der Waals surface area contributed by atoms with Crippen LogP contribution < -0.4 is 0 Å². The van der Waals surface area contributed by atoms with Crippen molar-refractivity contribution in [3.8, 4) is 0 Å². The van der Waals surface area contributed by atoms with Gasteiger partial charge in [-0.15, -0.1) is 0 Å². The molecule has 0 amide bonds. The van der Waals surface area contributed by atoms with Gasteiger partial charge in [0.1, 0.15) is 0 Å². The predicted octanol–water partition coefficient (Wildman–Crippen LogP) is 1.04. The molecule has 0 radical (unpaired) electrons. The molecule has 0 bridgehead atoms. The first-order valence-electron chi connectivity index (χ1n) is 4.12. The summed E-state index contributed by atoms with van der Waals surface area (Å²) in [4.78, 5) is 0. The van der Waals surface area contributed by atoms with Crippen LogP contribution in [-0.2, 0) is 11.3 Å². The highest BCUT2D eigenvalue weighted by molar-refractivity contribution is 9.10.